The molecule has 2 aliphatic rings. The van der Waals surface area contributed by atoms with Crippen molar-refractivity contribution < 1.29 is 13.9 Å². The van der Waals surface area contributed by atoms with Crippen LogP contribution in [0.1, 0.15) is 18.4 Å². The number of ether oxygens (including phenoxy) is 1. The van der Waals surface area contributed by atoms with E-state index in [1.54, 1.807) is 12.3 Å². The number of piperidine rings is 1. The normalized spacial score (nSPS) is 18.3. The van der Waals surface area contributed by atoms with Crippen molar-refractivity contribution in [3.63, 3.8) is 0 Å². The van der Waals surface area contributed by atoms with Crippen LogP contribution < -0.4 is 9.64 Å². The Labute approximate surface area is 192 Å². The second-order valence-electron chi connectivity index (χ2n) is 9.02. The maximum absolute atomic E-state index is 14.2. The molecule has 0 saturated carbocycles. The summed E-state index contributed by atoms with van der Waals surface area (Å²) in [5.41, 5.74) is 3.35. The highest BCUT2D eigenvalue weighted by atomic mass is 19.1. The van der Waals surface area contributed by atoms with Crippen molar-refractivity contribution in [1.29, 1.82) is 0 Å². The maximum atomic E-state index is 14.2. The summed E-state index contributed by atoms with van der Waals surface area (Å²) in [5.74, 6) is 0.0980. The minimum absolute atomic E-state index is 0.0427. The van der Waals surface area contributed by atoms with Crippen LogP contribution in [0.5, 0.6) is 5.75 Å². The van der Waals surface area contributed by atoms with Crippen LogP contribution in [0.4, 0.5) is 14.9 Å². The van der Waals surface area contributed by atoms with Gasteiger partial charge in [0.05, 0.1) is 25.4 Å². The first-order valence-corrected chi connectivity index (χ1v) is 11.2. The number of carbonyl (C=O) groups is 1. The summed E-state index contributed by atoms with van der Waals surface area (Å²) in [6.45, 7) is 2.81. The van der Waals surface area contributed by atoms with Crippen LogP contribution in [-0.2, 0) is 6.54 Å². The van der Waals surface area contributed by atoms with Crippen molar-refractivity contribution in [3.8, 4) is 16.9 Å². The number of amides is 2. The fraction of sp³-hybridized carbons (Fsp3) is 0.360. The Morgan fingerprint density at radius 1 is 1.12 bits per heavy atom. The number of aromatic nitrogens is 2. The molecular weight excluding hydrogens is 421 g/mol. The van der Waals surface area contributed by atoms with Gasteiger partial charge in [-0.2, -0.15) is 5.10 Å². The van der Waals surface area contributed by atoms with Crippen molar-refractivity contribution in [1.82, 2.24) is 20.0 Å². The molecule has 33 heavy (non-hydrogen) atoms. The summed E-state index contributed by atoms with van der Waals surface area (Å²) in [6, 6.07) is 12.6. The lowest BCUT2D eigenvalue weighted by Gasteiger charge is -2.42. The highest BCUT2D eigenvalue weighted by Gasteiger charge is 2.50. The third-order valence-electron chi connectivity index (χ3n) is 6.92. The summed E-state index contributed by atoms with van der Waals surface area (Å²) < 4.78 is 19.4. The van der Waals surface area contributed by atoms with Gasteiger partial charge in [0.25, 0.3) is 0 Å². The van der Waals surface area contributed by atoms with Gasteiger partial charge in [0.2, 0.25) is 0 Å². The van der Waals surface area contributed by atoms with Crippen LogP contribution in [-0.4, -0.2) is 65.4 Å². The van der Waals surface area contributed by atoms with E-state index in [0.29, 0.717) is 18.8 Å². The second kappa shape index (κ2) is 8.51. The number of carbonyl (C=O) groups excluding carboxylic acids is 1. The predicted molar refractivity (Wildman–Crippen MR) is 125 cm³/mol. The van der Waals surface area contributed by atoms with Crippen molar-refractivity contribution in [2.75, 3.05) is 38.7 Å². The minimum Gasteiger partial charge on any atom is -0.497 e. The number of benzene rings is 2. The molecular formula is C25H28FN5O2. The molecule has 1 N–H and O–H groups in total. The Kier molecular flexibility index (Phi) is 5.54. The van der Waals surface area contributed by atoms with Crippen LogP contribution in [0, 0.1) is 5.82 Å². The average Bonchev–Trinajstić information content (AvgIpc) is 3.45. The number of rotatable bonds is 5. The van der Waals surface area contributed by atoms with Gasteiger partial charge in [0.15, 0.2) is 0 Å². The van der Waals surface area contributed by atoms with E-state index in [9.17, 15) is 9.18 Å². The van der Waals surface area contributed by atoms with E-state index in [0.717, 1.165) is 48.3 Å². The van der Waals surface area contributed by atoms with Gasteiger partial charge >= 0.3 is 6.03 Å². The van der Waals surface area contributed by atoms with E-state index in [-0.39, 0.29) is 17.4 Å². The molecule has 0 aliphatic carbocycles. The van der Waals surface area contributed by atoms with Crippen LogP contribution in [0.3, 0.4) is 0 Å². The van der Waals surface area contributed by atoms with Crippen LogP contribution >= 0.6 is 0 Å². The van der Waals surface area contributed by atoms with Crippen molar-refractivity contribution in [2.45, 2.75) is 24.9 Å². The van der Waals surface area contributed by atoms with E-state index >= 15 is 0 Å². The van der Waals surface area contributed by atoms with Crippen LogP contribution in [0.15, 0.2) is 54.9 Å². The van der Waals surface area contributed by atoms with Gasteiger partial charge in [0, 0.05) is 43.1 Å². The zero-order chi connectivity index (χ0) is 23.0. The Morgan fingerprint density at radius 2 is 1.88 bits per heavy atom. The lowest BCUT2D eigenvalue weighted by Crippen LogP contribution is -2.53. The van der Waals surface area contributed by atoms with E-state index < -0.39 is 0 Å². The van der Waals surface area contributed by atoms with Gasteiger partial charge in [-0.15, -0.1) is 0 Å². The number of likely N-dealkylation sites (tertiary alicyclic amines) is 1. The molecule has 2 fully saturated rings. The number of nitrogens with one attached hydrogen (secondary N) is 1. The SMILES string of the molecule is COc1cc(F)cc(CN2C(=O)N(c3ccc(-c4cn[nH]c4)cc3)CC23CCN(C)CC3)c1. The van der Waals surface area contributed by atoms with E-state index in [4.69, 9.17) is 4.74 Å². The lowest BCUT2D eigenvalue weighted by molar-refractivity contribution is 0.0824. The average molecular weight is 450 g/mol. The molecule has 2 amide bonds. The molecule has 2 aromatic carbocycles. The molecule has 0 radical (unpaired) electrons. The van der Waals surface area contributed by atoms with Crippen molar-refractivity contribution >= 4 is 11.7 Å². The minimum atomic E-state index is -0.361. The molecule has 0 bridgehead atoms. The highest BCUT2D eigenvalue weighted by Crippen LogP contribution is 2.39. The topological polar surface area (TPSA) is 64.7 Å². The van der Waals surface area contributed by atoms with Gasteiger partial charge in [0.1, 0.15) is 11.6 Å². The molecule has 2 aliphatic heterocycles. The summed E-state index contributed by atoms with van der Waals surface area (Å²) in [7, 11) is 3.63. The Morgan fingerprint density at radius 3 is 2.55 bits per heavy atom. The number of anilines is 1. The summed E-state index contributed by atoms with van der Waals surface area (Å²) in [5, 5.41) is 6.83. The number of halogens is 1. The lowest BCUT2D eigenvalue weighted by atomic mass is 9.86. The first kappa shape index (κ1) is 21.5. The fourth-order valence-electron chi connectivity index (χ4n) is 4.95. The van der Waals surface area contributed by atoms with E-state index in [2.05, 4.69) is 22.1 Å². The highest BCUT2D eigenvalue weighted by molar-refractivity contribution is 5.95. The third kappa shape index (κ3) is 4.06. The molecule has 0 unspecified atom stereocenters. The maximum Gasteiger partial charge on any atom is 0.325 e. The largest absolute Gasteiger partial charge is 0.497 e. The first-order chi connectivity index (χ1) is 16.0. The molecule has 8 heteroatoms. The van der Waals surface area contributed by atoms with E-state index in [1.807, 2.05) is 40.3 Å². The standard InChI is InChI=1S/C25H28FN5O2/c1-29-9-7-25(8-10-29)17-30(22-5-3-19(4-6-22)20-14-27-28-15-20)24(32)31(25)16-18-11-21(26)13-23(12-18)33-2/h3-6,11-15H,7-10,16-17H2,1-2H3,(H,27,28). The molecule has 3 heterocycles. The fourth-order valence-corrected chi connectivity index (χ4v) is 4.95. The molecule has 1 aromatic heterocycles. The molecule has 3 aromatic rings. The number of methoxy groups -OCH3 is 1. The van der Waals surface area contributed by atoms with Gasteiger partial charge < -0.3 is 14.5 Å². The second-order valence-corrected chi connectivity index (χ2v) is 9.02. The van der Waals surface area contributed by atoms with E-state index in [1.165, 1.54) is 19.2 Å². The quantitative estimate of drug-likeness (QED) is 0.636. The molecule has 7 nitrogen and oxygen atoms in total. The number of hydrogen-bond acceptors (Lipinski definition) is 4. The Hall–Kier alpha value is -3.39. The molecule has 0 atom stereocenters. The monoisotopic (exact) mass is 449 g/mol. The smallest absolute Gasteiger partial charge is 0.325 e. The van der Waals surface area contributed by atoms with Gasteiger partial charge in [-0.1, -0.05) is 12.1 Å². The van der Waals surface area contributed by atoms with Gasteiger partial charge in [-0.3, -0.25) is 10.00 Å². The Balaban J connectivity index is 1.45. The summed E-state index contributed by atoms with van der Waals surface area (Å²) in [4.78, 5) is 19.8. The van der Waals surface area contributed by atoms with Crippen LogP contribution in [0.25, 0.3) is 11.1 Å². The number of hydrogen-bond donors (Lipinski definition) is 1. The number of urea groups is 1. The van der Waals surface area contributed by atoms with Crippen molar-refractivity contribution in [2.24, 2.45) is 0 Å². The first-order valence-electron chi connectivity index (χ1n) is 11.2. The number of nitrogens with zero attached hydrogens (tertiary/aromatic N) is 4. The third-order valence-corrected chi connectivity index (χ3v) is 6.92. The molecule has 2 saturated heterocycles. The number of H-pyrrole nitrogens is 1. The van der Waals surface area contributed by atoms with Crippen LogP contribution in [0.2, 0.25) is 0 Å². The van der Waals surface area contributed by atoms with Crippen molar-refractivity contribution in [3.05, 3.63) is 66.2 Å². The summed E-state index contributed by atoms with van der Waals surface area (Å²) in [6.07, 6.45) is 5.38. The predicted octanol–water partition coefficient (Wildman–Crippen LogP) is 4.13. The molecule has 172 valence electrons. The molecule has 5 rings (SSSR count). The zero-order valence-corrected chi connectivity index (χ0v) is 18.9. The van der Waals surface area contributed by atoms with Gasteiger partial charge in [-0.25, -0.2) is 9.18 Å². The molecule has 1 spiro atoms. The number of aromatic amines is 1. The zero-order valence-electron chi connectivity index (χ0n) is 18.9. The Bertz CT molecular complexity index is 1120. The summed E-state index contributed by atoms with van der Waals surface area (Å²) >= 11 is 0. The van der Waals surface area contributed by atoms with Gasteiger partial charge in [-0.05, 0) is 55.3 Å².